The molecule has 0 bridgehead atoms. The minimum atomic E-state index is 0.965. The molecule has 3 nitrogen and oxygen atoms in total. The van der Waals surface area contributed by atoms with Gasteiger partial charge in [0.2, 0.25) is 0 Å². The van der Waals surface area contributed by atoms with Crippen LogP contribution in [0.4, 0.5) is 0 Å². The monoisotopic (exact) mass is 263 g/mol. The van der Waals surface area contributed by atoms with Gasteiger partial charge in [-0.3, -0.25) is 9.67 Å². The lowest BCUT2D eigenvalue weighted by molar-refractivity contribution is 0.660. The van der Waals surface area contributed by atoms with Gasteiger partial charge in [-0.2, -0.15) is 5.10 Å². The van der Waals surface area contributed by atoms with E-state index in [0.29, 0.717) is 0 Å². The van der Waals surface area contributed by atoms with E-state index >= 15 is 0 Å². The van der Waals surface area contributed by atoms with Crippen LogP contribution in [0.3, 0.4) is 0 Å². The molecule has 0 aliphatic carbocycles. The van der Waals surface area contributed by atoms with Crippen molar-refractivity contribution in [3.8, 4) is 0 Å². The van der Waals surface area contributed by atoms with Gasteiger partial charge in [0.25, 0.3) is 0 Å². The normalized spacial score (nSPS) is 7.89. The fourth-order valence-corrected chi connectivity index (χ4v) is 1.09. The molecule has 0 unspecified atom stereocenters. The van der Waals surface area contributed by atoms with E-state index in [1.165, 1.54) is 5.56 Å². The molecule has 19 heavy (non-hydrogen) atoms. The third-order valence-corrected chi connectivity index (χ3v) is 2.01. The third kappa shape index (κ3) is 11.2. The number of hydrogen-bond donors (Lipinski definition) is 0. The van der Waals surface area contributed by atoms with Gasteiger partial charge >= 0.3 is 0 Å². The Balaban J connectivity index is 0. The van der Waals surface area contributed by atoms with Crippen LogP contribution in [0, 0.1) is 0 Å². The molecule has 0 aliphatic rings. The summed E-state index contributed by atoms with van der Waals surface area (Å²) in [7, 11) is 0. The van der Waals surface area contributed by atoms with Gasteiger partial charge in [0.05, 0.1) is 0 Å². The molecular weight excluding hydrogens is 234 g/mol. The summed E-state index contributed by atoms with van der Waals surface area (Å²) in [4.78, 5) is 3.96. The summed E-state index contributed by atoms with van der Waals surface area (Å²) in [5.74, 6) is 0. The first kappa shape index (κ1) is 19.7. The summed E-state index contributed by atoms with van der Waals surface area (Å²) in [6.45, 7) is 13.1. The van der Waals surface area contributed by atoms with Crippen LogP contribution in [-0.2, 0) is 13.0 Å². The van der Waals surface area contributed by atoms with Crippen molar-refractivity contribution in [1.29, 1.82) is 0 Å². The number of nitrogens with zero attached hydrogens (tertiary/aromatic N) is 3. The lowest BCUT2D eigenvalue weighted by Crippen LogP contribution is -1.91. The second kappa shape index (κ2) is 16.4. The van der Waals surface area contributed by atoms with Gasteiger partial charge in [-0.25, -0.2) is 0 Å². The van der Waals surface area contributed by atoms with Crippen molar-refractivity contribution in [3.05, 3.63) is 48.5 Å². The van der Waals surface area contributed by atoms with E-state index in [0.717, 1.165) is 13.0 Å². The van der Waals surface area contributed by atoms with Gasteiger partial charge in [0, 0.05) is 31.3 Å². The predicted octanol–water partition coefficient (Wildman–Crippen LogP) is 4.60. The molecule has 0 N–H and O–H groups in total. The van der Waals surface area contributed by atoms with E-state index in [-0.39, 0.29) is 0 Å². The van der Waals surface area contributed by atoms with E-state index in [2.05, 4.69) is 30.0 Å². The molecule has 2 heterocycles. The van der Waals surface area contributed by atoms with E-state index in [1.54, 1.807) is 12.4 Å². The van der Waals surface area contributed by atoms with Crippen LogP contribution in [0.2, 0.25) is 0 Å². The second-order valence-corrected chi connectivity index (χ2v) is 3.08. The van der Waals surface area contributed by atoms with Crippen LogP contribution in [0.1, 0.15) is 47.1 Å². The molecule has 2 aromatic heterocycles. The fraction of sp³-hybridized carbons (Fsp3) is 0.500. The van der Waals surface area contributed by atoms with Gasteiger partial charge in [-0.1, -0.05) is 40.7 Å². The van der Waals surface area contributed by atoms with Crippen molar-refractivity contribution >= 4 is 0 Å². The van der Waals surface area contributed by atoms with Crippen LogP contribution >= 0.6 is 0 Å². The van der Waals surface area contributed by atoms with Crippen molar-refractivity contribution in [1.82, 2.24) is 14.8 Å². The molecule has 108 valence electrons. The van der Waals surface area contributed by atoms with Crippen molar-refractivity contribution in [2.75, 3.05) is 0 Å². The molecule has 0 amide bonds. The van der Waals surface area contributed by atoms with E-state index in [4.69, 9.17) is 0 Å². The van der Waals surface area contributed by atoms with Crippen molar-refractivity contribution < 1.29 is 0 Å². The molecule has 0 saturated heterocycles. The minimum absolute atomic E-state index is 0.965. The number of aryl methyl sites for hydroxylation is 2. The Kier molecular flexibility index (Phi) is 17.0. The molecule has 0 radical (unpaired) electrons. The fourth-order valence-electron chi connectivity index (χ4n) is 1.09. The molecule has 0 aliphatic heterocycles. The van der Waals surface area contributed by atoms with Gasteiger partial charge in [-0.15, -0.1) is 0 Å². The maximum Gasteiger partial charge on any atom is 0.0489 e. The van der Waals surface area contributed by atoms with Crippen LogP contribution in [0.5, 0.6) is 0 Å². The molecule has 2 aromatic rings. The quantitative estimate of drug-likeness (QED) is 0.792. The standard InChI is InChI=1S/C7H9N.C5H8N2.2C2H6/c1-2-7-4-3-5-8-6-7;1-2-7-5-3-4-6-7;2*1-2/h3-6H,2H2,1H3;3-5H,2H2,1H3;2*1-2H3. The SMILES string of the molecule is CC.CC.CCc1cccnc1.CCn1cccn1. The van der Waals surface area contributed by atoms with Crippen LogP contribution in [0.25, 0.3) is 0 Å². The highest BCUT2D eigenvalue weighted by Crippen LogP contribution is 1.93. The molecule has 0 aromatic carbocycles. The summed E-state index contributed by atoms with van der Waals surface area (Å²) in [6.07, 6.45) is 8.48. The van der Waals surface area contributed by atoms with E-state index in [9.17, 15) is 0 Å². The molecule has 3 heteroatoms. The Morgan fingerprint density at radius 1 is 1.00 bits per heavy atom. The number of rotatable bonds is 2. The van der Waals surface area contributed by atoms with Crippen LogP contribution in [0.15, 0.2) is 43.0 Å². The number of hydrogen-bond acceptors (Lipinski definition) is 2. The second-order valence-electron chi connectivity index (χ2n) is 3.08. The maximum absolute atomic E-state index is 3.96. The van der Waals surface area contributed by atoms with Gasteiger partial charge < -0.3 is 0 Å². The van der Waals surface area contributed by atoms with Crippen LogP contribution < -0.4 is 0 Å². The average molecular weight is 263 g/mol. The highest BCUT2D eigenvalue weighted by atomic mass is 15.2. The summed E-state index contributed by atoms with van der Waals surface area (Å²) in [6, 6.07) is 5.95. The van der Waals surface area contributed by atoms with Gasteiger partial charge in [-0.05, 0) is 31.0 Å². The lowest BCUT2D eigenvalue weighted by atomic mass is 10.2. The third-order valence-electron chi connectivity index (χ3n) is 2.01. The minimum Gasteiger partial charge on any atom is -0.273 e. The predicted molar refractivity (Wildman–Crippen MR) is 84.2 cm³/mol. The Bertz CT molecular complexity index is 341. The van der Waals surface area contributed by atoms with Gasteiger partial charge in [0.15, 0.2) is 0 Å². The average Bonchev–Trinajstić information content (AvgIpc) is 3.06. The molecule has 0 saturated carbocycles. The lowest BCUT2D eigenvalue weighted by Gasteiger charge is -1.88. The zero-order valence-corrected chi connectivity index (χ0v) is 13.3. The Morgan fingerprint density at radius 3 is 1.95 bits per heavy atom. The topological polar surface area (TPSA) is 30.7 Å². The molecule has 0 spiro atoms. The van der Waals surface area contributed by atoms with Crippen LogP contribution in [-0.4, -0.2) is 14.8 Å². The van der Waals surface area contributed by atoms with E-state index in [1.807, 2.05) is 56.9 Å². The first-order chi connectivity index (χ1) is 9.36. The van der Waals surface area contributed by atoms with E-state index < -0.39 is 0 Å². The zero-order valence-electron chi connectivity index (χ0n) is 13.3. The van der Waals surface area contributed by atoms with Crippen molar-refractivity contribution in [2.24, 2.45) is 0 Å². The Morgan fingerprint density at radius 2 is 1.68 bits per heavy atom. The highest BCUT2D eigenvalue weighted by Gasteiger charge is 1.81. The first-order valence-electron chi connectivity index (χ1n) is 7.23. The summed E-state index contributed by atoms with van der Waals surface area (Å²) >= 11 is 0. The van der Waals surface area contributed by atoms with Crippen molar-refractivity contribution in [3.63, 3.8) is 0 Å². The largest absolute Gasteiger partial charge is 0.273 e. The summed E-state index contributed by atoms with van der Waals surface area (Å²) in [5.41, 5.74) is 1.30. The van der Waals surface area contributed by atoms with Gasteiger partial charge in [0.1, 0.15) is 0 Å². The molecular formula is C16H29N3. The smallest absolute Gasteiger partial charge is 0.0489 e. The molecule has 0 atom stereocenters. The molecule has 0 fully saturated rings. The number of aromatic nitrogens is 3. The maximum atomic E-state index is 3.96. The highest BCUT2D eigenvalue weighted by molar-refractivity contribution is 5.07. The zero-order chi connectivity index (χ0) is 14.9. The Hall–Kier alpha value is -1.64. The summed E-state index contributed by atoms with van der Waals surface area (Å²) < 4.78 is 1.88. The first-order valence-corrected chi connectivity index (χ1v) is 7.23. The molecule has 2 rings (SSSR count). The summed E-state index contributed by atoms with van der Waals surface area (Å²) in [5, 5.41) is 3.95. The van der Waals surface area contributed by atoms with Crippen molar-refractivity contribution in [2.45, 2.75) is 54.5 Å². The Labute approximate surface area is 118 Å². The number of pyridine rings is 1.